The fraction of sp³-hybridized carbons (Fsp3) is 0. The van der Waals surface area contributed by atoms with Crippen molar-refractivity contribution in [3.05, 3.63) is 36.5 Å². The summed E-state index contributed by atoms with van der Waals surface area (Å²) < 4.78 is 1.06. The van der Waals surface area contributed by atoms with Crippen molar-refractivity contribution in [1.82, 2.24) is 4.73 Å². The number of fused-ring (bicyclic) bond motifs is 1. The van der Waals surface area contributed by atoms with Crippen LogP contribution in [-0.2, 0) is 0 Å². The Morgan fingerprint density at radius 1 is 1.30 bits per heavy atom. The minimum atomic E-state index is 0.794. The summed E-state index contributed by atoms with van der Waals surface area (Å²) in [5, 5.41) is 10.0. The minimum absolute atomic E-state index is 0.794. The van der Waals surface area contributed by atoms with Crippen LogP contribution in [0.5, 0.6) is 0 Å². The van der Waals surface area contributed by atoms with Crippen LogP contribution in [0, 0.1) is 6.07 Å². The topological polar surface area (TPSA) is 25.2 Å². The van der Waals surface area contributed by atoms with Gasteiger partial charge in [-0.25, -0.2) is 0 Å². The molecule has 0 aliphatic carbocycles. The standard InChI is InChI=1S/C8H6NO/c10-9-6-5-7-3-1-2-4-8(7)9/h1-4,6,10H. The lowest BCUT2D eigenvalue weighted by Crippen LogP contribution is -1.83. The van der Waals surface area contributed by atoms with Gasteiger partial charge in [-0.15, -0.1) is 0 Å². The molecule has 1 N–H and O–H groups in total. The molecular formula is C8H6NO. The maximum atomic E-state index is 9.10. The molecule has 0 amide bonds. The van der Waals surface area contributed by atoms with Gasteiger partial charge in [0, 0.05) is 11.5 Å². The Labute approximate surface area is 58.3 Å². The van der Waals surface area contributed by atoms with Crippen LogP contribution in [0.1, 0.15) is 0 Å². The second-order valence-electron chi connectivity index (χ2n) is 2.14. The first-order valence-electron chi connectivity index (χ1n) is 3.05. The molecule has 0 spiro atoms. The van der Waals surface area contributed by atoms with Crippen LogP contribution in [0.2, 0.25) is 0 Å². The van der Waals surface area contributed by atoms with Gasteiger partial charge in [-0.3, -0.25) is 0 Å². The highest BCUT2D eigenvalue weighted by Gasteiger charge is 1.95. The normalized spacial score (nSPS) is 10.4. The summed E-state index contributed by atoms with van der Waals surface area (Å²) in [5.41, 5.74) is 0.794. The lowest BCUT2D eigenvalue weighted by atomic mass is 10.3. The molecule has 0 aliphatic heterocycles. The first-order chi connectivity index (χ1) is 4.88. The lowest BCUT2D eigenvalue weighted by Gasteiger charge is -1.90. The zero-order valence-corrected chi connectivity index (χ0v) is 5.28. The van der Waals surface area contributed by atoms with E-state index in [1.807, 2.05) is 24.3 Å². The van der Waals surface area contributed by atoms with E-state index in [1.54, 1.807) is 0 Å². The second-order valence-corrected chi connectivity index (χ2v) is 2.14. The third kappa shape index (κ3) is 0.589. The molecule has 0 bridgehead atoms. The molecule has 0 atom stereocenters. The molecule has 0 unspecified atom stereocenters. The van der Waals surface area contributed by atoms with Gasteiger partial charge in [0.25, 0.3) is 0 Å². The molecule has 10 heavy (non-hydrogen) atoms. The Morgan fingerprint density at radius 2 is 2.10 bits per heavy atom. The summed E-state index contributed by atoms with van der Waals surface area (Å²) in [6.45, 7) is 0. The maximum absolute atomic E-state index is 9.10. The van der Waals surface area contributed by atoms with Crippen LogP contribution >= 0.6 is 0 Å². The number of hydrogen-bond acceptors (Lipinski definition) is 1. The van der Waals surface area contributed by atoms with E-state index in [0.717, 1.165) is 15.6 Å². The average molecular weight is 132 g/mol. The van der Waals surface area contributed by atoms with Gasteiger partial charge in [-0.05, 0) is 6.07 Å². The van der Waals surface area contributed by atoms with Crippen molar-refractivity contribution in [3.8, 4) is 0 Å². The molecular weight excluding hydrogens is 126 g/mol. The van der Waals surface area contributed by atoms with E-state index in [9.17, 15) is 0 Å². The van der Waals surface area contributed by atoms with E-state index >= 15 is 0 Å². The van der Waals surface area contributed by atoms with Gasteiger partial charge >= 0.3 is 0 Å². The van der Waals surface area contributed by atoms with E-state index < -0.39 is 0 Å². The van der Waals surface area contributed by atoms with Crippen molar-refractivity contribution in [3.63, 3.8) is 0 Å². The molecule has 2 aromatic rings. The molecule has 0 fully saturated rings. The third-order valence-corrected chi connectivity index (χ3v) is 1.49. The van der Waals surface area contributed by atoms with Gasteiger partial charge in [0.2, 0.25) is 0 Å². The van der Waals surface area contributed by atoms with Crippen molar-refractivity contribution >= 4 is 10.9 Å². The van der Waals surface area contributed by atoms with Crippen molar-refractivity contribution in [2.75, 3.05) is 0 Å². The van der Waals surface area contributed by atoms with Gasteiger partial charge in [0.1, 0.15) is 0 Å². The van der Waals surface area contributed by atoms with Gasteiger partial charge in [0.15, 0.2) is 0 Å². The highest BCUT2D eigenvalue weighted by atomic mass is 16.5. The molecule has 1 aromatic heterocycles. The zero-order valence-electron chi connectivity index (χ0n) is 5.28. The van der Waals surface area contributed by atoms with E-state index in [1.165, 1.54) is 6.20 Å². The zero-order chi connectivity index (χ0) is 6.97. The summed E-state index contributed by atoms with van der Waals surface area (Å²) in [6, 6.07) is 10.4. The van der Waals surface area contributed by atoms with Crippen LogP contribution in [0.4, 0.5) is 0 Å². The Bertz CT molecular complexity index is 351. The predicted molar refractivity (Wildman–Crippen MR) is 38.0 cm³/mol. The minimum Gasteiger partial charge on any atom is -0.428 e. The second kappa shape index (κ2) is 1.77. The van der Waals surface area contributed by atoms with Crippen molar-refractivity contribution in [1.29, 1.82) is 0 Å². The first-order valence-corrected chi connectivity index (χ1v) is 3.05. The Kier molecular flexibility index (Phi) is 0.947. The summed E-state index contributed by atoms with van der Waals surface area (Å²) >= 11 is 0. The molecule has 1 aromatic carbocycles. The number of rotatable bonds is 0. The average Bonchev–Trinajstić information content (AvgIpc) is 2.34. The molecule has 1 radical (unpaired) electrons. The summed E-state index contributed by atoms with van der Waals surface area (Å²) in [4.78, 5) is 0. The highest BCUT2D eigenvalue weighted by Crippen LogP contribution is 2.11. The highest BCUT2D eigenvalue weighted by molar-refractivity contribution is 5.78. The van der Waals surface area contributed by atoms with Gasteiger partial charge in [-0.2, -0.15) is 4.73 Å². The first kappa shape index (κ1) is 5.35. The van der Waals surface area contributed by atoms with Gasteiger partial charge in [0.05, 0.1) is 11.7 Å². The van der Waals surface area contributed by atoms with E-state index in [0.29, 0.717) is 0 Å². The van der Waals surface area contributed by atoms with Crippen LogP contribution < -0.4 is 0 Å². The molecule has 49 valence electrons. The van der Waals surface area contributed by atoms with E-state index in [-0.39, 0.29) is 0 Å². The van der Waals surface area contributed by atoms with Crippen LogP contribution in [0.15, 0.2) is 30.5 Å². The third-order valence-electron chi connectivity index (χ3n) is 1.49. The Hall–Kier alpha value is -1.44. The fourth-order valence-corrected chi connectivity index (χ4v) is 0.996. The summed E-state index contributed by atoms with van der Waals surface area (Å²) in [5.74, 6) is 0. The number of hydrogen-bond donors (Lipinski definition) is 1. The van der Waals surface area contributed by atoms with E-state index in [2.05, 4.69) is 6.07 Å². The van der Waals surface area contributed by atoms with Crippen LogP contribution in [0.25, 0.3) is 10.9 Å². The van der Waals surface area contributed by atoms with Crippen molar-refractivity contribution in [2.24, 2.45) is 0 Å². The number of aromatic nitrogens is 1. The Morgan fingerprint density at radius 3 is 2.90 bits per heavy atom. The smallest absolute Gasteiger partial charge is 0.0871 e. The molecule has 0 aliphatic rings. The summed E-state index contributed by atoms with van der Waals surface area (Å²) in [7, 11) is 0. The van der Waals surface area contributed by atoms with E-state index in [4.69, 9.17) is 5.21 Å². The molecule has 0 saturated heterocycles. The molecule has 2 rings (SSSR count). The largest absolute Gasteiger partial charge is 0.428 e. The lowest BCUT2D eigenvalue weighted by molar-refractivity contribution is 0.200. The van der Waals surface area contributed by atoms with Crippen molar-refractivity contribution < 1.29 is 5.21 Å². The maximum Gasteiger partial charge on any atom is 0.0871 e. The molecule has 1 heterocycles. The molecule has 0 saturated carbocycles. The van der Waals surface area contributed by atoms with Crippen molar-refractivity contribution in [2.45, 2.75) is 0 Å². The SMILES string of the molecule is On1c[c]c2ccccc21. The fourth-order valence-electron chi connectivity index (χ4n) is 0.996. The number of nitrogens with zero attached hydrogens (tertiary/aromatic N) is 1. The summed E-state index contributed by atoms with van der Waals surface area (Å²) in [6.07, 6.45) is 1.50. The van der Waals surface area contributed by atoms with Gasteiger partial charge in [-0.1, -0.05) is 18.2 Å². The molecule has 2 heteroatoms. The van der Waals surface area contributed by atoms with Gasteiger partial charge < -0.3 is 5.21 Å². The molecule has 2 nitrogen and oxygen atoms in total. The van der Waals surface area contributed by atoms with Crippen LogP contribution in [-0.4, -0.2) is 9.94 Å². The number of para-hydroxylation sites is 1. The monoisotopic (exact) mass is 132 g/mol. The predicted octanol–water partition coefficient (Wildman–Crippen LogP) is 1.68. The van der Waals surface area contributed by atoms with Crippen LogP contribution in [0.3, 0.4) is 0 Å². The quantitative estimate of drug-likeness (QED) is 0.542. The number of benzene rings is 1. The Balaban J connectivity index is 2.93.